The number of nitrogens with one attached hydrogen (secondary N) is 2. The van der Waals surface area contributed by atoms with Gasteiger partial charge in [0.15, 0.2) is 0 Å². The molecule has 0 unspecified atom stereocenters. The molecule has 2 N–H and O–H groups in total. The first kappa shape index (κ1) is 23.7. The summed E-state index contributed by atoms with van der Waals surface area (Å²) in [6.07, 6.45) is -0.0366. The van der Waals surface area contributed by atoms with E-state index in [1.54, 1.807) is 34.6 Å². The number of esters is 3. The second kappa shape index (κ2) is 11.3. The van der Waals surface area contributed by atoms with Crippen LogP contribution in [0.15, 0.2) is 0 Å². The van der Waals surface area contributed by atoms with E-state index in [4.69, 9.17) is 14.2 Å². The van der Waals surface area contributed by atoms with Gasteiger partial charge in [-0.2, -0.15) is 0 Å². The average molecular weight is 374 g/mol. The highest BCUT2D eigenvalue weighted by molar-refractivity contribution is 5.87. The Hall–Kier alpha value is -2.32. The van der Waals surface area contributed by atoms with Gasteiger partial charge in [0.1, 0.15) is 17.7 Å². The van der Waals surface area contributed by atoms with Crippen molar-refractivity contribution in [1.29, 1.82) is 0 Å². The summed E-state index contributed by atoms with van der Waals surface area (Å²) in [7, 11) is 0. The van der Waals surface area contributed by atoms with Crippen LogP contribution in [-0.2, 0) is 28.6 Å². The number of carbonyl (C=O) groups excluding carboxylic acids is 4. The summed E-state index contributed by atoms with van der Waals surface area (Å²) < 4.78 is 14.9. The topological polar surface area (TPSA) is 120 Å². The van der Waals surface area contributed by atoms with Crippen LogP contribution >= 0.6 is 0 Å². The molecule has 0 fully saturated rings. The third kappa shape index (κ3) is 10.5. The van der Waals surface area contributed by atoms with E-state index in [2.05, 4.69) is 10.6 Å². The summed E-state index contributed by atoms with van der Waals surface area (Å²) in [5, 5.41) is 4.80. The highest BCUT2D eigenvalue weighted by Crippen LogP contribution is 2.08. The molecule has 0 bridgehead atoms. The fraction of sp³-hybridized carbons (Fsp3) is 0.765. The zero-order valence-electron chi connectivity index (χ0n) is 16.3. The summed E-state index contributed by atoms with van der Waals surface area (Å²) in [5.74, 6) is -1.75. The molecule has 0 heterocycles. The van der Waals surface area contributed by atoms with Crippen molar-refractivity contribution in [3.8, 4) is 0 Å². The molecular weight excluding hydrogens is 344 g/mol. The molecule has 0 aromatic carbocycles. The van der Waals surface area contributed by atoms with E-state index in [1.807, 2.05) is 0 Å². The van der Waals surface area contributed by atoms with E-state index in [0.29, 0.717) is 0 Å². The van der Waals surface area contributed by atoms with Gasteiger partial charge < -0.3 is 24.8 Å². The fourth-order valence-corrected chi connectivity index (χ4v) is 1.83. The van der Waals surface area contributed by atoms with Gasteiger partial charge in [0.25, 0.3) is 0 Å². The molecule has 26 heavy (non-hydrogen) atoms. The molecule has 2 atom stereocenters. The summed E-state index contributed by atoms with van der Waals surface area (Å²) >= 11 is 0. The zero-order valence-corrected chi connectivity index (χ0v) is 16.3. The Morgan fingerprint density at radius 3 is 2.00 bits per heavy atom. The van der Waals surface area contributed by atoms with Crippen LogP contribution in [0.25, 0.3) is 0 Å². The molecule has 9 nitrogen and oxygen atoms in total. The number of rotatable bonds is 9. The molecule has 0 aromatic rings. The standard InChI is InChI=1S/C17H30N2O7/c1-7-24-13(20)10-9-12(15(22)25-8-2)19-16(23)18-11(3)14(21)26-17(4,5)6/h11-12H,7-10H2,1-6H3,(H2,18,19,23)/t11-,12-/m0/s1. The zero-order chi connectivity index (χ0) is 20.3. The Morgan fingerprint density at radius 2 is 1.50 bits per heavy atom. The van der Waals surface area contributed by atoms with Gasteiger partial charge >= 0.3 is 23.9 Å². The third-order valence-electron chi connectivity index (χ3n) is 2.93. The van der Waals surface area contributed by atoms with E-state index in [-0.39, 0.29) is 26.1 Å². The van der Waals surface area contributed by atoms with E-state index in [0.717, 1.165) is 0 Å². The SMILES string of the molecule is CCOC(=O)CC[C@H](NC(=O)N[C@@H](C)C(=O)OC(C)(C)C)C(=O)OCC. The minimum Gasteiger partial charge on any atom is -0.466 e. The minimum absolute atomic E-state index is 0.0197. The second-order valence-electron chi connectivity index (χ2n) is 6.52. The Bertz CT molecular complexity index is 500. The molecule has 0 saturated heterocycles. The maximum Gasteiger partial charge on any atom is 0.328 e. The van der Waals surface area contributed by atoms with Gasteiger partial charge in [0.05, 0.1) is 13.2 Å². The average Bonchev–Trinajstić information content (AvgIpc) is 2.50. The highest BCUT2D eigenvalue weighted by atomic mass is 16.6. The first-order chi connectivity index (χ1) is 12.0. The molecule has 2 amide bonds. The first-order valence-electron chi connectivity index (χ1n) is 8.62. The largest absolute Gasteiger partial charge is 0.466 e. The van der Waals surface area contributed by atoms with Crippen LogP contribution in [-0.4, -0.2) is 54.8 Å². The molecule has 150 valence electrons. The van der Waals surface area contributed by atoms with Crippen molar-refractivity contribution in [1.82, 2.24) is 10.6 Å². The molecule has 0 spiro atoms. The van der Waals surface area contributed by atoms with Crippen molar-refractivity contribution < 1.29 is 33.4 Å². The van der Waals surface area contributed by atoms with E-state index in [9.17, 15) is 19.2 Å². The quantitative estimate of drug-likeness (QED) is 0.461. The summed E-state index contributed by atoms with van der Waals surface area (Å²) in [4.78, 5) is 47.3. The van der Waals surface area contributed by atoms with Gasteiger partial charge in [-0.05, 0) is 48.0 Å². The second-order valence-corrected chi connectivity index (χ2v) is 6.52. The van der Waals surface area contributed by atoms with Gasteiger partial charge in [0.2, 0.25) is 0 Å². The number of hydrogen-bond donors (Lipinski definition) is 2. The smallest absolute Gasteiger partial charge is 0.328 e. The monoisotopic (exact) mass is 374 g/mol. The molecule has 0 aliphatic carbocycles. The lowest BCUT2D eigenvalue weighted by Crippen LogP contribution is -2.51. The number of urea groups is 1. The van der Waals surface area contributed by atoms with Gasteiger partial charge in [-0.1, -0.05) is 0 Å². The van der Waals surface area contributed by atoms with Gasteiger partial charge in [-0.3, -0.25) is 4.79 Å². The van der Waals surface area contributed by atoms with Crippen LogP contribution in [0.1, 0.15) is 54.4 Å². The summed E-state index contributed by atoms with van der Waals surface area (Å²) in [6.45, 7) is 10.3. The van der Waals surface area contributed by atoms with Crippen molar-refractivity contribution in [2.45, 2.75) is 72.1 Å². The normalized spacial score (nSPS) is 13.2. The van der Waals surface area contributed by atoms with Crippen LogP contribution in [0, 0.1) is 0 Å². The Kier molecular flexibility index (Phi) is 10.3. The minimum atomic E-state index is -1.04. The molecule has 0 aromatic heterocycles. The van der Waals surface area contributed by atoms with Crippen LogP contribution in [0.2, 0.25) is 0 Å². The van der Waals surface area contributed by atoms with Crippen molar-refractivity contribution >= 4 is 23.9 Å². The Balaban J connectivity index is 4.72. The maximum atomic E-state index is 12.1. The molecule has 0 aliphatic rings. The maximum absolute atomic E-state index is 12.1. The Morgan fingerprint density at radius 1 is 0.923 bits per heavy atom. The predicted molar refractivity (Wildman–Crippen MR) is 93.3 cm³/mol. The molecular formula is C17H30N2O7. The highest BCUT2D eigenvalue weighted by Gasteiger charge is 2.26. The summed E-state index contributed by atoms with van der Waals surface area (Å²) in [6, 6.07) is -2.70. The van der Waals surface area contributed by atoms with Crippen molar-refractivity contribution in [3.63, 3.8) is 0 Å². The van der Waals surface area contributed by atoms with Crippen molar-refractivity contribution in [2.24, 2.45) is 0 Å². The van der Waals surface area contributed by atoms with Gasteiger partial charge in [-0.15, -0.1) is 0 Å². The number of carbonyl (C=O) groups is 4. The lowest BCUT2D eigenvalue weighted by atomic mass is 10.1. The number of ether oxygens (including phenoxy) is 3. The lowest BCUT2D eigenvalue weighted by molar-refractivity contribution is -0.156. The van der Waals surface area contributed by atoms with Crippen molar-refractivity contribution in [2.75, 3.05) is 13.2 Å². The van der Waals surface area contributed by atoms with Crippen LogP contribution in [0.3, 0.4) is 0 Å². The van der Waals surface area contributed by atoms with Gasteiger partial charge in [-0.25, -0.2) is 14.4 Å². The molecule has 0 rings (SSSR count). The van der Waals surface area contributed by atoms with E-state index < -0.39 is 41.6 Å². The van der Waals surface area contributed by atoms with Crippen LogP contribution < -0.4 is 10.6 Å². The fourth-order valence-electron chi connectivity index (χ4n) is 1.83. The van der Waals surface area contributed by atoms with Gasteiger partial charge in [0, 0.05) is 6.42 Å². The third-order valence-corrected chi connectivity index (χ3v) is 2.93. The van der Waals surface area contributed by atoms with Crippen LogP contribution in [0.4, 0.5) is 4.79 Å². The molecule has 9 heteroatoms. The molecule has 0 radical (unpaired) electrons. The molecule has 0 saturated carbocycles. The van der Waals surface area contributed by atoms with Crippen LogP contribution in [0.5, 0.6) is 0 Å². The predicted octanol–water partition coefficient (Wildman–Crippen LogP) is 1.29. The number of hydrogen-bond acceptors (Lipinski definition) is 7. The van der Waals surface area contributed by atoms with Crippen molar-refractivity contribution in [3.05, 3.63) is 0 Å². The molecule has 0 aliphatic heterocycles. The number of amides is 2. The Labute approximate surface area is 154 Å². The summed E-state index contributed by atoms with van der Waals surface area (Å²) in [5.41, 5.74) is -0.684. The van der Waals surface area contributed by atoms with E-state index >= 15 is 0 Å². The first-order valence-corrected chi connectivity index (χ1v) is 8.62. The van der Waals surface area contributed by atoms with E-state index in [1.165, 1.54) is 6.92 Å². The lowest BCUT2D eigenvalue weighted by Gasteiger charge is -2.23.